The largest absolute Gasteiger partial charge is 0.507 e. The molecule has 0 aliphatic heterocycles. The van der Waals surface area contributed by atoms with E-state index in [0.717, 1.165) is 17.7 Å². The Hall–Kier alpha value is -4.93. The molecule has 0 saturated heterocycles. The van der Waals surface area contributed by atoms with Crippen LogP contribution in [0.5, 0.6) is 23.0 Å². The van der Waals surface area contributed by atoms with Crippen LogP contribution in [-0.4, -0.2) is 57.3 Å². The van der Waals surface area contributed by atoms with Gasteiger partial charge in [-0.15, -0.1) is 5.10 Å². The second kappa shape index (κ2) is 13.9. The number of benzene rings is 3. The molecule has 0 radical (unpaired) electrons. The average molecular weight is 560 g/mol. The molecule has 0 aliphatic carbocycles. The Balaban J connectivity index is 1.25. The highest BCUT2D eigenvalue weighted by molar-refractivity contribution is 6.01. The molecular weight excluding hydrogens is 526 g/mol. The molecule has 0 saturated carbocycles. The maximum absolute atomic E-state index is 12.8. The number of aromatic nitrogens is 4. The molecule has 1 aromatic heterocycles. The third kappa shape index (κ3) is 7.59. The van der Waals surface area contributed by atoms with E-state index in [-0.39, 0.29) is 17.4 Å². The Labute approximate surface area is 238 Å². The fourth-order valence-corrected chi connectivity index (χ4v) is 4.16. The standard InChI is InChI=1S/C30H33N5O6/c1-4-6-26-27(16-15-25(20(2)36)28(26)37)41-18-5-17-40-24-13-9-22(10-14-24)31-30(38)29-32-33-34-35(29)19-21-7-11-23(39-3)12-8-21/h7-16,37H,4-6,17-19H2,1-3H3,(H,31,38). The fourth-order valence-electron chi connectivity index (χ4n) is 4.16. The van der Waals surface area contributed by atoms with Crippen LogP contribution in [0.4, 0.5) is 5.69 Å². The minimum atomic E-state index is -0.431. The number of nitrogens with zero attached hydrogens (tertiary/aromatic N) is 4. The summed E-state index contributed by atoms with van der Waals surface area (Å²) in [6, 6.07) is 17.7. The number of ketones is 1. The summed E-state index contributed by atoms with van der Waals surface area (Å²) in [4.78, 5) is 24.5. The molecule has 0 aliphatic rings. The van der Waals surface area contributed by atoms with Gasteiger partial charge >= 0.3 is 0 Å². The summed E-state index contributed by atoms with van der Waals surface area (Å²) in [6.45, 7) is 4.56. The van der Waals surface area contributed by atoms with E-state index < -0.39 is 5.91 Å². The lowest BCUT2D eigenvalue weighted by Crippen LogP contribution is -2.19. The Morgan fingerprint density at radius 1 is 0.951 bits per heavy atom. The van der Waals surface area contributed by atoms with Crippen LogP contribution in [0.1, 0.15) is 58.8 Å². The minimum Gasteiger partial charge on any atom is -0.507 e. The van der Waals surface area contributed by atoms with Crippen molar-refractivity contribution in [2.75, 3.05) is 25.6 Å². The van der Waals surface area contributed by atoms with Crippen LogP contribution in [0.15, 0.2) is 60.7 Å². The molecule has 0 fully saturated rings. The maximum atomic E-state index is 12.8. The lowest BCUT2D eigenvalue weighted by atomic mass is 10.0. The number of phenolic OH excluding ortho intramolecular Hbond substituents is 1. The summed E-state index contributed by atoms with van der Waals surface area (Å²) in [7, 11) is 1.60. The van der Waals surface area contributed by atoms with Crippen molar-refractivity contribution in [1.29, 1.82) is 0 Å². The molecule has 3 aromatic carbocycles. The molecule has 0 bridgehead atoms. The van der Waals surface area contributed by atoms with E-state index in [1.54, 1.807) is 43.5 Å². The Bertz CT molecular complexity index is 1470. The number of methoxy groups -OCH3 is 1. The first-order valence-electron chi connectivity index (χ1n) is 13.3. The second-order valence-corrected chi connectivity index (χ2v) is 9.28. The van der Waals surface area contributed by atoms with Crippen LogP contribution in [0.25, 0.3) is 0 Å². The predicted octanol–water partition coefficient (Wildman–Crippen LogP) is 4.69. The van der Waals surface area contributed by atoms with Crippen LogP contribution in [0, 0.1) is 0 Å². The average Bonchev–Trinajstić information content (AvgIpc) is 3.44. The van der Waals surface area contributed by atoms with Crippen molar-refractivity contribution in [3.63, 3.8) is 0 Å². The number of anilines is 1. The quantitative estimate of drug-likeness (QED) is 0.166. The van der Waals surface area contributed by atoms with Gasteiger partial charge in [-0.05, 0) is 77.9 Å². The number of hydrogen-bond donors (Lipinski definition) is 2. The molecule has 4 aromatic rings. The number of nitrogens with one attached hydrogen (secondary N) is 1. The van der Waals surface area contributed by atoms with Gasteiger partial charge in [0.25, 0.3) is 5.91 Å². The van der Waals surface area contributed by atoms with Crippen molar-refractivity contribution in [1.82, 2.24) is 20.2 Å². The van der Waals surface area contributed by atoms with Gasteiger partial charge in [-0.2, -0.15) is 0 Å². The Morgan fingerprint density at radius 2 is 1.66 bits per heavy atom. The zero-order valence-corrected chi connectivity index (χ0v) is 23.3. The number of aromatic hydroxyl groups is 1. The first kappa shape index (κ1) is 29.1. The van der Waals surface area contributed by atoms with Gasteiger partial charge < -0.3 is 24.6 Å². The zero-order valence-electron chi connectivity index (χ0n) is 23.3. The van der Waals surface area contributed by atoms with E-state index >= 15 is 0 Å². The Kier molecular flexibility index (Phi) is 9.87. The monoisotopic (exact) mass is 559 g/mol. The number of ether oxygens (including phenoxy) is 3. The maximum Gasteiger partial charge on any atom is 0.295 e. The van der Waals surface area contributed by atoms with Crippen molar-refractivity contribution in [2.24, 2.45) is 0 Å². The van der Waals surface area contributed by atoms with E-state index in [2.05, 4.69) is 20.8 Å². The summed E-state index contributed by atoms with van der Waals surface area (Å²) in [6.07, 6.45) is 2.03. The highest BCUT2D eigenvalue weighted by atomic mass is 16.5. The van der Waals surface area contributed by atoms with E-state index in [9.17, 15) is 14.7 Å². The molecule has 2 N–H and O–H groups in total. The summed E-state index contributed by atoms with van der Waals surface area (Å²) in [5.41, 5.74) is 2.44. The van der Waals surface area contributed by atoms with Gasteiger partial charge in [0, 0.05) is 17.7 Å². The van der Waals surface area contributed by atoms with Gasteiger partial charge in [0.2, 0.25) is 5.82 Å². The number of hydrogen-bond acceptors (Lipinski definition) is 9. The molecule has 11 heteroatoms. The lowest BCUT2D eigenvalue weighted by molar-refractivity contribution is 0.100. The third-order valence-electron chi connectivity index (χ3n) is 6.27. The van der Waals surface area contributed by atoms with Gasteiger partial charge in [0.15, 0.2) is 5.78 Å². The van der Waals surface area contributed by atoms with E-state index in [1.165, 1.54) is 11.6 Å². The molecule has 4 rings (SSSR count). The number of tetrazole rings is 1. The van der Waals surface area contributed by atoms with Crippen LogP contribution in [0.3, 0.4) is 0 Å². The topological polar surface area (TPSA) is 138 Å². The van der Waals surface area contributed by atoms with Crippen LogP contribution < -0.4 is 19.5 Å². The Morgan fingerprint density at radius 3 is 2.34 bits per heavy atom. The number of amides is 1. The molecule has 1 heterocycles. The van der Waals surface area contributed by atoms with Crippen molar-refractivity contribution < 1.29 is 28.9 Å². The molecule has 11 nitrogen and oxygen atoms in total. The second-order valence-electron chi connectivity index (χ2n) is 9.28. The van der Waals surface area contributed by atoms with E-state index in [1.807, 2.05) is 31.2 Å². The summed E-state index contributed by atoms with van der Waals surface area (Å²) < 4.78 is 18.3. The smallest absolute Gasteiger partial charge is 0.295 e. The SMILES string of the molecule is CCCc1c(OCCCOc2ccc(NC(=O)c3nnnn3Cc3ccc(OC)cc3)cc2)ccc(C(C)=O)c1O. The molecular formula is C30H33N5O6. The molecule has 214 valence electrons. The van der Waals surface area contributed by atoms with Crippen molar-refractivity contribution >= 4 is 17.4 Å². The first-order valence-corrected chi connectivity index (χ1v) is 13.3. The zero-order chi connectivity index (χ0) is 29.2. The van der Waals surface area contributed by atoms with Crippen molar-refractivity contribution in [3.05, 3.63) is 83.2 Å². The normalized spacial score (nSPS) is 10.7. The van der Waals surface area contributed by atoms with E-state index in [0.29, 0.717) is 60.9 Å². The number of rotatable bonds is 14. The van der Waals surface area contributed by atoms with Gasteiger partial charge in [0.05, 0.1) is 32.4 Å². The van der Waals surface area contributed by atoms with Crippen LogP contribution in [-0.2, 0) is 13.0 Å². The summed E-state index contributed by atoms with van der Waals surface area (Å²) in [5, 5.41) is 24.7. The van der Waals surface area contributed by atoms with Crippen molar-refractivity contribution in [2.45, 2.75) is 39.7 Å². The van der Waals surface area contributed by atoms with Crippen LogP contribution in [0.2, 0.25) is 0 Å². The molecule has 1 amide bonds. The third-order valence-corrected chi connectivity index (χ3v) is 6.27. The number of phenols is 1. The lowest BCUT2D eigenvalue weighted by Gasteiger charge is -2.15. The van der Waals surface area contributed by atoms with Gasteiger partial charge in [0.1, 0.15) is 23.0 Å². The van der Waals surface area contributed by atoms with Crippen molar-refractivity contribution in [3.8, 4) is 23.0 Å². The van der Waals surface area contributed by atoms with Gasteiger partial charge in [-0.25, -0.2) is 4.68 Å². The van der Waals surface area contributed by atoms with E-state index in [4.69, 9.17) is 14.2 Å². The minimum absolute atomic E-state index is 0.00554. The predicted molar refractivity (Wildman–Crippen MR) is 152 cm³/mol. The van der Waals surface area contributed by atoms with Gasteiger partial charge in [-0.3, -0.25) is 9.59 Å². The fraction of sp³-hybridized carbons (Fsp3) is 0.300. The number of Topliss-reactive ketones (excluding diaryl/α,β-unsaturated/α-hetero) is 1. The summed E-state index contributed by atoms with van der Waals surface area (Å²) in [5.74, 6) is 1.42. The highest BCUT2D eigenvalue weighted by Crippen LogP contribution is 2.33. The summed E-state index contributed by atoms with van der Waals surface area (Å²) >= 11 is 0. The number of carbonyl (C=O) groups is 2. The van der Waals surface area contributed by atoms with Crippen LogP contribution >= 0.6 is 0 Å². The number of carbonyl (C=O) groups excluding carboxylic acids is 2. The molecule has 41 heavy (non-hydrogen) atoms. The van der Waals surface area contributed by atoms with Gasteiger partial charge in [-0.1, -0.05) is 25.5 Å². The highest BCUT2D eigenvalue weighted by Gasteiger charge is 2.17. The molecule has 0 atom stereocenters. The first-order chi connectivity index (χ1) is 19.9. The molecule has 0 spiro atoms. The molecule has 0 unspecified atom stereocenters.